The van der Waals surface area contributed by atoms with Crippen LogP contribution in [0.1, 0.15) is 11.5 Å². The van der Waals surface area contributed by atoms with E-state index in [1.54, 1.807) is 0 Å². The van der Waals surface area contributed by atoms with Gasteiger partial charge in [-0.3, -0.25) is 0 Å². The second kappa shape index (κ2) is 5.70. The molecule has 114 valence electrons. The van der Waals surface area contributed by atoms with Crippen LogP contribution < -0.4 is 5.73 Å². The first-order chi connectivity index (χ1) is 10.0. The van der Waals surface area contributed by atoms with E-state index >= 15 is 0 Å². The van der Waals surface area contributed by atoms with Gasteiger partial charge in [0.25, 0.3) is 5.89 Å². The van der Waals surface area contributed by atoms with Crippen molar-refractivity contribution in [1.82, 2.24) is 24.3 Å². The van der Waals surface area contributed by atoms with Gasteiger partial charge in [0.05, 0.1) is 11.3 Å². The minimum absolute atomic E-state index is 0.410. The summed E-state index contributed by atoms with van der Waals surface area (Å²) in [7, 11) is 4.28. The third-order valence-corrected chi connectivity index (χ3v) is 4.74. The molecular formula is C13H20N6OS. The molecule has 0 radical (unpaired) electrons. The Morgan fingerprint density at radius 3 is 2.90 bits per heavy atom. The van der Waals surface area contributed by atoms with Crippen LogP contribution in [0.25, 0.3) is 11.5 Å². The Bertz CT molecular complexity index is 604. The number of hydrogen-bond donors (Lipinski definition) is 1. The SMILES string of the molecule is Cc1nsc(N)c1-c1nc(CC2CN(C)CCN2C)no1. The molecule has 1 aliphatic rings. The van der Waals surface area contributed by atoms with Gasteiger partial charge in [-0.1, -0.05) is 5.16 Å². The van der Waals surface area contributed by atoms with Gasteiger partial charge in [0.1, 0.15) is 5.00 Å². The van der Waals surface area contributed by atoms with E-state index in [0.717, 1.165) is 43.1 Å². The van der Waals surface area contributed by atoms with Crippen LogP contribution in [-0.4, -0.2) is 64.1 Å². The van der Waals surface area contributed by atoms with Crippen molar-refractivity contribution in [3.63, 3.8) is 0 Å². The standard InChI is InChI=1S/C13H20N6OS/c1-8-11(12(14)21-17-8)13-15-10(16-20-13)6-9-7-18(2)4-5-19(9)3/h9H,4-7,14H2,1-3H3. The quantitative estimate of drug-likeness (QED) is 0.900. The van der Waals surface area contributed by atoms with Gasteiger partial charge >= 0.3 is 0 Å². The fourth-order valence-corrected chi connectivity index (χ4v) is 3.27. The van der Waals surface area contributed by atoms with Gasteiger partial charge in [-0.2, -0.15) is 9.36 Å². The molecule has 1 unspecified atom stereocenters. The van der Waals surface area contributed by atoms with Crippen LogP contribution >= 0.6 is 11.5 Å². The van der Waals surface area contributed by atoms with Crippen molar-refractivity contribution in [2.75, 3.05) is 39.5 Å². The highest BCUT2D eigenvalue weighted by Crippen LogP contribution is 2.31. The molecule has 21 heavy (non-hydrogen) atoms. The Morgan fingerprint density at radius 1 is 1.38 bits per heavy atom. The van der Waals surface area contributed by atoms with Crippen molar-refractivity contribution in [1.29, 1.82) is 0 Å². The molecule has 0 saturated carbocycles. The van der Waals surface area contributed by atoms with E-state index < -0.39 is 0 Å². The third kappa shape index (κ3) is 2.92. The molecular weight excluding hydrogens is 288 g/mol. The molecule has 1 saturated heterocycles. The molecule has 1 fully saturated rings. The van der Waals surface area contributed by atoms with Crippen LogP contribution in [0.5, 0.6) is 0 Å². The molecule has 8 heteroatoms. The Labute approximate surface area is 127 Å². The Kier molecular flexibility index (Phi) is 3.92. The summed E-state index contributed by atoms with van der Waals surface area (Å²) in [6, 6.07) is 0.410. The Morgan fingerprint density at radius 2 is 2.19 bits per heavy atom. The van der Waals surface area contributed by atoms with Gasteiger partial charge in [0.15, 0.2) is 5.82 Å². The number of nitrogen functional groups attached to an aromatic ring is 1. The topological polar surface area (TPSA) is 84.3 Å². The minimum atomic E-state index is 0.410. The zero-order valence-electron chi connectivity index (χ0n) is 12.5. The average molecular weight is 308 g/mol. The Balaban J connectivity index is 1.76. The van der Waals surface area contributed by atoms with Crippen molar-refractivity contribution < 1.29 is 4.52 Å². The number of likely N-dealkylation sites (N-methyl/N-ethyl adjacent to an activating group) is 2. The van der Waals surface area contributed by atoms with Crippen molar-refractivity contribution in [3.8, 4) is 11.5 Å². The summed E-state index contributed by atoms with van der Waals surface area (Å²) in [6.07, 6.45) is 0.779. The summed E-state index contributed by atoms with van der Waals surface area (Å²) in [6.45, 7) is 5.07. The van der Waals surface area contributed by atoms with Gasteiger partial charge in [-0.15, -0.1) is 0 Å². The summed E-state index contributed by atoms with van der Waals surface area (Å²) in [5, 5.41) is 4.72. The Hall–Kier alpha value is -1.51. The first kappa shape index (κ1) is 14.4. The summed E-state index contributed by atoms with van der Waals surface area (Å²) >= 11 is 1.26. The van der Waals surface area contributed by atoms with E-state index in [4.69, 9.17) is 10.3 Å². The first-order valence-corrected chi connectivity index (χ1v) is 7.75. The third-order valence-electron chi connectivity index (χ3n) is 3.97. The van der Waals surface area contributed by atoms with E-state index in [-0.39, 0.29) is 0 Å². The summed E-state index contributed by atoms with van der Waals surface area (Å²) in [5.41, 5.74) is 7.53. The van der Waals surface area contributed by atoms with Crippen molar-refractivity contribution in [3.05, 3.63) is 11.5 Å². The average Bonchev–Trinajstić information content (AvgIpc) is 3.01. The van der Waals surface area contributed by atoms with E-state index in [0.29, 0.717) is 16.9 Å². The number of rotatable bonds is 3. The molecule has 7 nitrogen and oxygen atoms in total. The van der Waals surface area contributed by atoms with Crippen LogP contribution in [0.4, 0.5) is 5.00 Å². The van der Waals surface area contributed by atoms with Crippen LogP contribution in [0.15, 0.2) is 4.52 Å². The number of piperazine rings is 1. The largest absolute Gasteiger partial charge is 0.389 e. The molecule has 0 aliphatic carbocycles. The second-order valence-electron chi connectivity index (χ2n) is 5.62. The number of anilines is 1. The highest BCUT2D eigenvalue weighted by molar-refractivity contribution is 7.10. The van der Waals surface area contributed by atoms with Crippen molar-refractivity contribution >= 4 is 16.5 Å². The van der Waals surface area contributed by atoms with E-state index in [1.165, 1.54) is 11.5 Å². The molecule has 2 N–H and O–H groups in total. The summed E-state index contributed by atoms with van der Waals surface area (Å²) in [5.74, 6) is 1.20. The lowest BCUT2D eigenvalue weighted by Crippen LogP contribution is -2.50. The lowest BCUT2D eigenvalue weighted by atomic mass is 10.1. The molecule has 1 aliphatic heterocycles. The number of nitrogens with two attached hydrogens (primary N) is 1. The number of hydrogen-bond acceptors (Lipinski definition) is 8. The number of aryl methyl sites for hydroxylation is 1. The molecule has 0 bridgehead atoms. The molecule has 0 aromatic carbocycles. The van der Waals surface area contributed by atoms with Gasteiger partial charge in [-0.05, 0) is 32.6 Å². The van der Waals surface area contributed by atoms with Gasteiger partial charge < -0.3 is 20.1 Å². The fraction of sp³-hybridized carbons (Fsp3) is 0.615. The van der Waals surface area contributed by atoms with Crippen LogP contribution in [-0.2, 0) is 6.42 Å². The molecule has 3 heterocycles. The fourth-order valence-electron chi connectivity index (χ4n) is 2.62. The van der Waals surface area contributed by atoms with E-state index in [2.05, 4.69) is 38.4 Å². The predicted molar refractivity (Wildman–Crippen MR) is 82.2 cm³/mol. The maximum absolute atomic E-state index is 5.92. The summed E-state index contributed by atoms with van der Waals surface area (Å²) in [4.78, 5) is 9.17. The minimum Gasteiger partial charge on any atom is -0.389 e. The molecule has 2 aromatic heterocycles. The number of aromatic nitrogens is 3. The lowest BCUT2D eigenvalue weighted by molar-refractivity contribution is 0.113. The highest BCUT2D eigenvalue weighted by Gasteiger charge is 2.25. The van der Waals surface area contributed by atoms with Crippen molar-refractivity contribution in [2.24, 2.45) is 0 Å². The second-order valence-corrected chi connectivity index (χ2v) is 6.43. The molecule has 3 rings (SSSR count). The zero-order chi connectivity index (χ0) is 15.0. The smallest absolute Gasteiger partial charge is 0.262 e. The molecule has 0 spiro atoms. The van der Waals surface area contributed by atoms with Crippen LogP contribution in [0, 0.1) is 6.92 Å². The first-order valence-electron chi connectivity index (χ1n) is 6.98. The lowest BCUT2D eigenvalue weighted by Gasteiger charge is -2.37. The van der Waals surface area contributed by atoms with Gasteiger partial charge in [-0.25, -0.2) is 0 Å². The number of nitrogens with zero attached hydrogens (tertiary/aromatic N) is 5. The van der Waals surface area contributed by atoms with Gasteiger partial charge in [0, 0.05) is 32.1 Å². The maximum atomic E-state index is 5.92. The normalized spacial score (nSPS) is 21.0. The van der Waals surface area contributed by atoms with E-state index in [1.807, 2.05) is 6.92 Å². The summed E-state index contributed by atoms with van der Waals surface area (Å²) < 4.78 is 9.58. The van der Waals surface area contributed by atoms with Crippen LogP contribution in [0.2, 0.25) is 0 Å². The van der Waals surface area contributed by atoms with Crippen LogP contribution in [0.3, 0.4) is 0 Å². The molecule has 1 atom stereocenters. The predicted octanol–water partition coefficient (Wildman–Crippen LogP) is 0.872. The highest BCUT2D eigenvalue weighted by atomic mass is 32.1. The molecule has 0 amide bonds. The maximum Gasteiger partial charge on any atom is 0.262 e. The van der Waals surface area contributed by atoms with Gasteiger partial charge in [0.2, 0.25) is 0 Å². The van der Waals surface area contributed by atoms with Crippen molar-refractivity contribution in [2.45, 2.75) is 19.4 Å². The molecule has 2 aromatic rings. The monoisotopic (exact) mass is 308 g/mol. The van der Waals surface area contributed by atoms with E-state index in [9.17, 15) is 0 Å². The zero-order valence-corrected chi connectivity index (χ0v) is 13.4.